The lowest BCUT2D eigenvalue weighted by atomic mass is 10.0. The van der Waals surface area contributed by atoms with Crippen molar-refractivity contribution in [3.05, 3.63) is 30.1 Å². The van der Waals surface area contributed by atoms with Gasteiger partial charge in [-0.05, 0) is 31.5 Å². The number of hydrogen-bond donors (Lipinski definition) is 2. The first kappa shape index (κ1) is 15.9. The summed E-state index contributed by atoms with van der Waals surface area (Å²) in [5.41, 5.74) is 12.8. The lowest BCUT2D eigenvalue weighted by Gasteiger charge is -2.34. The van der Waals surface area contributed by atoms with Gasteiger partial charge in [0.15, 0.2) is 0 Å². The van der Waals surface area contributed by atoms with Crippen LogP contribution in [0, 0.1) is 0 Å². The van der Waals surface area contributed by atoms with E-state index in [1.165, 1.54) is 19.3 Å². The maximum Gasteiger partial charge on any atom is 0.145 e. The Labute approximate surface area is 131 Å². The van der Waals surface area contributed by atoms with E-state index in [4.69, 9.17) is 11.5 Å². The zero-order chi connectivity index (χ0) is 13.9. The molecule has 1 atom stereocenters. The van der Waals surface area contributed by atoms with Crippen LogP contribution in [-0.4, -0.2) is 34.0 Å². The summed E-state index contributed by atoms with van der Waals surface area (Å²) in [6, 6.07) is 8.31. The van der Waals surface area contributed by atoms with Crippen molar-refractivity contribution < 1.29 is 0 Å². The van der Waals surface area contributed by atoms with Crippen molar-refractivity contribution in [3.63, 3.8) is 0 Å². The van der Waals surface area contributed by atoms with Crippen LogP contribution in [-0.2, 0) is 6.54 Å². The van der Waals surface area contributed by atoms with Crippen molar-refractivity contribution in [2.75, 3.05) is 18.8 Å². The molecule has 1 unspecified atom stereocenters. The van der Waals surface area contributed by atoms with Gasteiger partial charge in [0.1, 0.15) is 11.6 Å². The maximum atomic E-state index is 6.03. The third kappa shape index (κ3) is 3.43. The number of piperidine rings is 1. The van der Waals surface area contributed by atoms with Crippen molar-refractivity contribution in [1.29, 1.82) is 0 Å². The first-order valence-electron chi connectivity index (χ1n) is 7.23. The number of benzene rings is 1. The molecule has 5 nitrogen and oxygen atoms in total. The molecule has 3 rings (SSSR count). The first-order chi connectivity index (χ1) is 9.78. The molecule has 114 valence electrons. The van der Waals surface area contributed by atoms with Crippen LogP contribution in [0.25, 0.3) is 10.9 Å². The molecule has 1 fully saturated rings. The van der Waals surface area contributed by atoms with Gasteiger partial charge in [0.25, 0.3) is 0 Å². The second kappa shape index (κ2) is 7.02. The summed E-state index contributed by atoms with van der Waals surface area (Å²) in [4.78, 5) is 11.5. The van der Waals surface area contributed by atoms with Gasteiger partial charge in [-0.2, -0.15) is 0 Å². The van der Waals surface area contributed by atoms with Gasteiger partial charge in [-0.15, -0.1) is 12.4 Å². The first-order valence-corrected chi connectivity index (χ1v) is 7.23. The molecule has 0 bridgehead atoms. The predicted octanol–water partition coefficient (Wildman–Crippen LogP) is 1.95. The smallest absolute Gasteiger partial charge is 0.145 e. The summed E-state index contributed by atoms with van der Waals surface area (Å²) >= 11 is 0. The van der Waals surface area contributed by atoms with Gasteiger partial charge in [0, 0.05) is 18.0 Å². The minimum absolute atomic E-state index is 0. The number of anilines is 1. The molecule has 2 heterocycles. The maximum absolute atomic E-state index is 6.03. The van der Waals surface area contributed by atoms with E-state index in [2.05, 4.69) is 14.9 Å². The van der Waals surface area contributed by atoms with E-state index in [0.717, 1.165) is 29.8 Å². The standard InChI is InChI=1S/C15H21N5.ClH/c16-9-11-5-3-4-8-20(11)10-14-18-13-7-2-1-6-12(13)15(17)19-14;/h1-2,6-7,11H,3-5,8-10,16H2,(H2,17,18,19);1H. The lowest BCUT2D eigenvalue weighted by Crippen LogP contribution is -2.43. The number of hydrogen-bond acceptors (Lipinski definition) is 5. The molecule has 1 aliphatic heterocycles. The second-order valence-corrected chi connectivity index (χ2v) is 5.40. The molecule has 0 amide bonds. The number of fused-ring (bicyclic) bond motifs is 1. The Bertz CT molecular complexity index is 604. The third-order valence-electron chi connectivity index (χ3n) is 4.04. The normalized spacial score (nSPS) is 19.4. The fourth-order valence-electron chi connectivity index (χ4n) is 2.94. The summed E-state index contributed by atoms with van der Waals surface area (Å²) in [5, 5.41) is 0.922. The largest absolute Gasteiger partial charge is 0.383 e. The van der Waals surface area contributed by atoms with Crippen LogP contribution in [0.5, 0.6) is 0 Å². The number of aromatic nitrogens is 2. The molecule has 0 radical (unpaired) electrons. The van der Waals surface area contributed by atoms with Crippen molar-refractivity contribution in [2.24, 2.45) is 5.73 Å². The summed E-state index contributed by atoms with van der Waals surface area (Å²) in [5.74, 6) is 1.36. The highest BCUT2D eigenvalue weighted by Crippen LogP contribution is 2.21. The van der Waals surface area contributed by atoms with E-state index < -0.39 is 0 Å². The van der Waals surface area contributed by atoms with Crippen LogP contribution >= 0.6 is 12.4 Å². The van der Waals surface area contributed by atoms with Crippen molar-refractivity contribution in [2.45, 2.75) is 31.8 Å². The SMILES string of the molecule is Cl.NCC1CCCCN1Cc1nc(N)c2ccccc2n1. The topological polar surface area (TPSA) is 81.1 Å². The zero-order valence-corrected chi connectivity index (χ0v) is 12.9. The van der Waals surface area contributed by atoms with Crippen LogP contribution in [0.1, 0.15) is 25.1 Å². The highest BCUT2D eigenvalue weighted by molar-refractivity contribution is 5.87. The number of para-hydroxylation sites is 1. The number of rotatable bonds is 3. The Hall–Kier alpha value is -1.43. The molecule has 0 aliphatic carbocycles. The molecule has 1 aromatic carbocycles. The molecule has 6 heteroatoms. The molecular weight excluding hydrogens is 286 g/mol. The molecule has 1 aliphatic rings. The predicted molar refractivity (Wildman–Crippen MR) is 88.3 cm³/mol. The second-order valence-electron chi connectivity index (χ2n) is 5.40. The van der Waals surface area contributed by atoms with Gasteiger partial charge >= 0.3 is 0 Å². The average molecular weight is 308 g/mol. The van der Waals surface area contributed by atoms with E-state index in [1.54, 1.807) is 0 Å². The van der Waals surface area contributed by atoms with Crippen LogP contribution in [0.2, 0.25) is 0 Å². The molecule has 0 saturated carbocycles. The van der Waals surface area contributed by atoms with E-state index in [-0.39, 0.29) is 12.4 Å². The Kier molecular flexibility index (Phi) is 5.33. The molecule has 21 heavy (non-hydrogen) atoms. The Morgan fingerprint density at radius 1 is 1.19 bits per heavy atom. The Morgan fingerprint density at radius 2 is 2.00 bits per heavy atom. The highest BCUT2D eigenvalue weighted by atomic mass is 35.5. The van der Waals surface area contributed by atoms with Gasteiger partial charge in [-0.1, -0.05) is 18.6 Å². The Morgan fingerprint density at radius 3 is 2.81 bits per heavy atom. The summed E-state index contributed by atoms with van der Waals surface area (Å²) < 4.78 is 0. The van der Waals surface area contributed by atoms with Gasteiger partial charge in [-0.25, -0.2) is 9.97 Å². The highest BCUT2D eigenvalue weighted by Gasteiger charge is 2.22. The van der Waals surface area contributed by atoms with E-state index >= 15 is 0 Å². The average Bonchev–Trinajstić information content (AvgIpc) is 2.48. The molecular formula is C15H22ClN5. The summed E-state index contributed by atoms with van der Waals surface area (Å²) in [6.07, 6.45) is 3.65. The molecule has 4 N–H and O–H groups in total. The van der Waals surface area contributed by atoms with E-state index in [1.807, 2.05) is 24.3 Å². The van der Waals surface area contributed by atoms with Crippen molar-refractivity contribution in [3.8, 4) is 0 Å². The van der Waals surface area contributed by atoms with Gasteiger partial charge in [-0.3, -0.25) is 4.90 Å². The summed E-state index contributed by atoms with van der Waals surface area (Å²) in [6.45, 7) is 2.50. The van der Waals surface area contributed by atoms with Crippen molar-refractivity contribution in [1.82, 2.24) is 14.9 Å². The number of nitrogen functional groups attached to an aromatic ring is 1. The fraction of sp³-hybridized carbons (Fsp3) is 0.467. The number of nitrogens with zero attached hydrogens (tertiary/aromatic N) is 3. The van der Waals surface area contributed by atoms with Gasteiger partial charge in [0.05, 0.1) is 12.1 Å². The van der Waals surface area contributed by atoms with Crippen molar-refractivity contribution >= 4 is 29.1 Å². The van der Waals surface area contributed by atoms with Crippen LogP contribution in [0.15, 0.2) is 24.3 Å². The lowest BCUT2D eigenvalue weighted by molar-refractivity contribution is 0.141. The van der Waals surface area contributed by atoms with Crippen LogP contribution < -0.4 is 11.5 Å². The zero-order valence-electron chi connectivity index (χ0n) is 12.0. The minimum atomic E-state index is 0. The number of halogens is 1. The Balaban J connectivity index is 0.00000161. The van der Waals surface area contributed by atoms with Gasteiger partial charge < -0.3 is 11.5 Å². The molecule has 1 saturated heterocycles. The number of likely N-dealkylation sites (tertiary alicyclic amines) is 1. The molecule has 0 spiro atoms. The third-order valence-corrected chi connectivity index (χ3v) is 4.04. The molecule has 2 aromatic rings. The minimum Gasteiger partial charge on any atom is -0.383 e. The van der Waals surface area contributed by atoms with E-state index in [9.17, 15) is 0 Å². The van der Waals surface area contributed by atoms with E-state index in [0.29, 0.717) is 18.4 Å². The van der Waals surface area contributed by atoms with Crippen LogP contribution in [0.3, 0.4) is 0 Å². The summed E-state index contributed by atoms with van der Waals surface area (Å²) in [7, 11) is 0. The number of nitrogens with two attached hydrogens (primary N) is 2. The monoisotopic (exact) mass is 307 g/mol. The van der Waals surface area contributed by atoms with Crippen LogP contribution in [0.4, 0.5) is 5.82 Å². The quantitative estimate of drug-likeness (QED) is 0.906. The fourth-order valence-corrected chi connectivity index (χ4v) is 2.94. The molecule has 1 aromatic heterocycles. The van der Waals surface area contributed by atoms with Gasteiger partial charge in [0.2, 0.25) is 0 Å².